The Balaban J connectivity index is 1.63. The fourth-order valence-corrected chi connectivity index (χ4v) is 5.19. The van der Waals surface area contributed by atoms with Crippen molar-refractivity contribution in [1.82, 2.24) is 19.7 Å². The normalized spacial score (nSPS) is 21.8. The van der Waals surface area contributed by atoms with Crippen molar-refractivity contribution in [2.45, 2.75) is 39.2 Å². The number of imidazole rings is 1. The number of rotatable bonds is 3. The first kappa shape index (κ1) is 18.6. The highest BCUT2D eigenvalue weighted by Crippen LogP contribution is 2.34. The van der Waals surface area contributed by atoms with Gasteiger partial charge in [-0.15, -0.1) is 0 Å². The minimum atomic E-state index is -0.0418. The van der Waals surface area contributed by atoms with Crippen molar-refractivity contribution in [3.05, 3.63) is 48.2 Å². The fraction of sp³-hybridized carbons (Fsp3) is 0.400. The summed E-state index contributed by atoms with van der Waals surface area (Å²) >= 11 is 0. The Hall–Kier alpha value is -3.15. The Morgan fingerprint density at radius 2 is 1.84 bits per heavy atom. The van der Waals surface area contributed by atoms with Gasteiger partial charge in [-0.05, 0) is 55.4 Å². The van der Waals surface area contributed by atoms with Crippen LogP contribution in [0.4, 0.5) is 5.69 Å². The van der Waals surface area contributed by atoms with E-state index in [-0.39, 0.29) is 5.91 Å². The van der Waals surface area contributed by atoms with Gasteiger partial charge in [0.25, 0.3) is 5.91 Å². The summed E-state index contributed by atoms with van der Waals surface area (Å²) in [4.78, 5) is 25.3. The predicted molar refractivity (Wildman–Crippen MR) is 124 cm³/mol. The van der Waals surface area contributed by atoms with Crippen molar-refractivity contribution in [3.63, 3.8) is 0 Å². The largest absolute Gasteiger partial charge is 0.370 e. The number of pyridine rings is 2. The van der Waals surface area contributed by atoms with Crippen molar-refractivity contribution in [2.75, 3.05) is 18.0 Å². The van der Waals surface area contributed by atoms with E-state index in [1.807, 2.05) is 30.5 Å². The van der Waals surface area contributed by atoms with Crippen molar-refractivity contribution >= 4 is 39.3 Å². The number of benzene rings is 1. The van der Waals surface area contributed by atoms with Crippen LogP contribution in [0.5, 0.6) is 0 Å². The number of nitrogens with one attached hydrogen (secondary N) is 1. The Labute approximate surface area is 181 Å². The molecule has 1 saturated heterocycles. The number of carbonyl (C=O) groups is 1. The lowest BCUT2D eigenvalue weighted by atomic mass is 9.91. The van der Waals surface area contributed by atoms with Gasteiger partial charge in [-0.1, -0.05) is 26.0 Å². The fourth-order valence-electron chi connectivity index (χ4n) is 5.19. The quantitative estimate of drug-likeness (QED) is 0.540. The molecule has 6 nitrogen and oxygen atoms in total. The minimum absolute atomic E-state index is 0.0418. The zero-order chi connectivity index (χ0) is 21.1. The molecule has 0 radical (unpaired) electrons. The Kier molecular flexibility index (Phi) is 4.16. The lowest BCUT2D eigenvalue weighted by molar-refractivity contribution is 0.0952. The molecule has 1 saturated carbocycles. The summed E-state index contributed by atoms with van der Waals surface area (Å²) in [6.07, 6.45) is 5.26. The van der Waals surface area contributed by atoms with Crippen molar-refractivity contribution in [2.24, 2.45) is 11.8 Å². The van der Waals surface area contributed by atoms with Gasteiger partial charge in [0.1, 0.15) is 5.65 Å². The maximum atomic E-state index is 13.2. The maximum Gasteiger partial charge on any atom is 0.255 e. The molecular formula is C25H27N5O. The molecule has 31 heavy (non-hydrogen) atoms. The number of aromatic nitrogens is 3. The van der Waals surface area contributed by atoms with Crippen LogP contribution in [0.15, 0.2) is 42.6 Å². The van der Waals surface area contributed by atoms with Crippen LogP contribution < -0.4 is 10.2 Å². The molecule has 2 aliphatic rings. The number of para-hydroxylation sites is 2. The smallest absolute Gasteiger partial charge is 0.255 e. The molecule has 6 rings (SSSR count). The predicted octanol–water partition coefficient (Wildman–Crippen LogP) is 4.41. The molecule has 1 aromatic carbocycles. The average molecular weight is 414 g/mol. The van der Waals surface area contributed by atoms with Crippen molar-refractivity contribution < 1.29 is 4.79 Å². The molecule has 158 valence electrons. The van der Waals surface area contributed by atoms with Crippen LogP contribution >= 0.6 is 0 Å². The number of hydrogen-bond acceptors (Lipinski definition) is 4. The van der Waals surface area contributed by atoms with Crippen LogP contribution in [0, 0.1) is 11.8 Å². The number of hydrogen-bond donors (Lipinski definition) is 1. The number of anilines is 1. The molecule has 0 bridgehead atoms. The molecule has 4 heterocycles. The second-order valence-corrected chi connectivity index (χ2v) is 9.48. The Morgan fingerprint density at radius 1 is 1.06 bits per heavy atom. The lowest BCUT2D eigenvalue weighted by Gasteiger charge is -2.37. The Morgan fingerprint density at radius 3 is 2.61 bits per heavy atom. The van der Waals surface area contributed by atoms with E-state index in [4.69, 9.17) is 9.97 Å². The standard InChI is InChI=1S/C25H27N5O/c1-15-11-16(2)14-29(13-15)21-9-10-26-23-18(21)12-19(25(31)27-17-7-8-17)24-28-20-5-3-4-6-22(20)30(23)24/h3-6,9-10,12,15-17H,7-8,11,13-14H2,1-2H3,(H,27,31)/t15-,16+. The second-order valence-electron chi connectivity index (χ2n) is 9.48. The molecule has 2 atom stereocenters. The van der Waals surface area contributed by atoms with Crippen LogP contribution in [0.25, 0.3) is 27.7 Å². The highest BCUT2D eigenvalue weighted by Gasteiger charge is 2.28. The summed E-state index contributed by atoms with van der Waals surface area (Å²) in [6, 6.07) is 12.4. The first-order chi connectivity index (χ1) is 15.1. The van der Waals surface area contributed by atoms with E-state index in [9.17, 15) is 4.79 Å². The summed E-state index contributed by atoms with van der Waals surface area (Å²) in [5, 5.41) is 4.17. The van der Waals surface area contributed by atoms with Gasteiger partial charge in [-0.2, -0.15) is 0 Å². The van der Waals surface area contributed by atoms with Gasteiger partial charge < -0.3 is 10.2 Å². The Bertz CT molecular complexity index is 1310. The highest BCUT2D eigenvalue weighted by molar-refractivity contribution is 6.07. The summed E-state index contributed by atoms with van der Waals surface area (Å²) in [7, 11) is 0. The minimum Gasteiger partial charge on any atom is -0.370 e. The van der Waals surface area contributed by atoms with Gasteiger partial charge in [0.15, 0.2) is 5.65 Å². The third-order valence-corrected chi connectivity index (χ3v) is 6.61. The molecule has 3 aromatic heterocycles. The lowest BCUT2D eigenvalue weighted by Crippen LogP contribution is -2.38. The van der Waals surface area contributed by atoms with Crippen LogP contribution in [-0.4, -0.2) is 39.4 Å². The summed E-state index contributed by atoms with van der Waals surface area (Å²) in [5.41, 5.74) is 5.18. The van der Waals surface area contributed by atoms with E-state index in [0.29, 0.717) is 29.1 Å². The highest BCUT2D eigenvalue weighted by atomic mass is 16.1. The van der Waals surface area contributed by atoms with Crippen LogP contribution in [0.1, 0.15) is 43.5 Å². The molecule has 1 aliphatic carbocycles. The zero-order valence-corrected chi connectivity index (χ0v) is 18.0. The molecule has 2 fully saturated rings. The van der Waals surface area contributed by atoms with Crippen LogP contribution in [-0.2, 0) is 0 Å². The summed E-state index contributed by atoms with van der Waals surface area (Å²) in [6.45, 7) is 6.69. The van der Waals surface area contributed by atoms with Gasteiger partial charge in [0.05, 0.1) is 16.6 Å². The first-order valence-corrected chi connectivity index (χ1v) is 11.3. The number of carbonyl (C=O) groups excluding carboxylic acids is 1. The molecule has 4 aromatic rings. The van der Waals surface area contributed by atoms with Gasteiger partial charge in [0, 0.05) is 36.4 Å². The first-order valence-electron chi connectivity index (χ1n) is 11.3. The van der Waals surface area contributed by atoms with Gasteiger partial charge in [-0.3, -0.25) is 9.20 Å². The maximum absolute atomic E-state index is 13.2. The van der Waals surface area contributed by atoms with E-state index in [2.05, 4.69) is 40.6 Å². The van der Waals surface area contributed by atoms with Crippen LogP contribution in [0.3, 0.4) is 0 Å². The topological polar surface area (TPSA) is 62.5 Å². The van der Waals surface area contributed by atoms with Gasteiger partial charge in [-0.25, -0.2) is 9.97 Å². The number of amides is 1. The monoisotopic (exact) mass is 413 g/mol. The van der Waals surface area contributed by atoms with E-state index < -0.39 is 0 Å². The third kappa shape index (κ3) is 3.12. The molecule has 1 amide bonds. The average Bonchev–Trinajstić information content (AvgIpc) is 3.48. The number of piperidine rings is 1. The third-order valence-electron chi connectivity index (χ3n) is 6.61. The molecule has 0 spiro atoms. The summed E-state index contributed by atoms with van der Waals surface area (Å²) < 4.78 is 2.06. The second kappa shape index (κ2) is 6.94. The van der Waals surface area contributed by atoms with Crippen molar-refractivity contribution in [3.8, 4) is 0 Å². The zero-order valence-electron chi connectivity index (χ0n) is 18.0. The summed E-state index contributed by atoms with van der Waals surface area (Å²) in [5.74, 6) is 1.24. The SMILES string of the molecule is C[C@@H]1C[C@H](C)CN(c2ccnc3c2cc(C(=O)NC2CC2)c2nc4ccccc4n23)C1. The van der Waals surface area contributed by atoms with E-state index in [1.165, 1.54) is 6.42 Å². The van der Waals surface area contributed by atoms with Gasteiger partial charge in [0.2, 0.25) is 0 Å². The molecular weight excluding hydrogens is 386 g/mol. The van der Waals surface area contributed by atoms with Gasteiger partial charge >= 0.3 is 0 Å². The molecule has 0 unspecified atom stereocenters. The van der Waals surface area contributed by atoms with Crippen LogP contribution in [0.2, 0.25) is 0 Å². The number of fused-ring (bicyclic) bond motifs is 5. The molecule has 6 heteroatoms. The number of nitrogens with zero attached hydrogens (tertiary/aromatic N) is 4. The van der Waals surface area contributed by atoms with E-state index in [0.717, 1.165) is 53.7 Å². The van der Waals surface area contributed by atoms with E-state index in [1.54, 1.807) is 0 Å². The molecule has 1 aliphatic heterocycles. The van der Waals surface area contributed by atoms with Crippen molar-refractivity contribution in [1.29, 1.82) is 0 Å². The van der Waals surface area contributed by atoms with E-state index >= 15 is 0 Å². The molecule has 1 N–H and O–H groups in total.